The molecule has 13 heavy (non-hydrogen) atoms. The minimum absolute atomic E-state index is 0.0532. The van der Waals surface area contributed by atoms with Crippen LogP contribution in [0.15, 0.2) is 6.20 Å². The molecule has 1 aromatic rings. The highest BCUT2D eigenvalue weighted by molar-refractivity contribution is 5.32. The number of aromatic nitrogens is 2. The van der Waals surface area contributed by atoms with E-state index in [-0.39, 0.29) is 12.2 Å². The summed E-state index contributed by atoms with van der Waals surface area (Å²) in [5, 5.41) is 12.7. The first-order valence-electron chi connectivity index (χ1n) is 3.55. The van der Waals surface area contributed by atoms with E-state index in [4.69, 9.17) is 9.90 Å². The number of carbonyl (C=O) groups is 1. The summed E-state index contributed by atoms with van der Waals surface area (Å²) in [6, 6.07) is 0. The zero-order chi connectivity index (χ0) is 10.3. The SMILES string of the molecule is CCc1cn[nH]c1C(F)F.O=CO. The number of rotatable bonds is 2. The van der Waals surface area contributed by atoms with Crippen LogP contribution in [-0.4, -0.2) is 21.8 Å². The Morgan fingerprint density at radius 3 is 2.62 bits per heavy atom. The highest BCUT2D eigenvalue weighted by Gasteiger charge is 2.12. The maximum atomic E-state index is 12.0. The third-order valence-corrected chi connectivity index (χ3v) is 1.35. The standard InChI is InChI=1S/C6H8F2N2.CH2O2/c1-2-4-3-9-10-5(4)6(7)8;2-1-3/h3,6H,2H2,1H3,(H,9,10);1H,(H,2,3). The fourth-order valence-corrected chi connectivity index (χ4v) is 0.792. The number of hydrogen-bond donors (Lipinski definition) is 2. The van der Waals surface area contributed by atoms with Gasteiger partial charge in [-0.15, -0.1) is 0 Å². The largest absolute Gasteiger partial charge is 0.483 e. The highest BCUT2D eigenvalue weighted by Crippen LogP contribution is 2.19. The molecule has 6 heteroatoms. The lowest BCUT2D eigenvalue weighted by atomic mass is 10.2. The fourth-order valence-electron chi connectivity index (χ4n) is 0.792. The van der Waals surface area contributed by atoms with Gasteiger partial charge in [0.2, 0.25) is 0 Å². The van der Waals surface area contributed by atoms with E-state index < -0.39 is 6.43 Å². The van der Waals surface area contributed by atoms with E-state index in [9.17, 15) is 8.78 Å². The zero-order valence-electron chi connectivity index (χ0n) is 7.00. The van der Waals surface area contributed by atoms with Crippen LogP contribution in [0.4, 0.5) is 8.78 Å². The van der Waals surface area contributed by atoms with Crippen LogP contribution in [0.25, 0.3) is 0 Å². The molecule has 1 heterocycles. The molecule has 0 aromatic carbocycles. The number of nitrogens with zero attached hydrogens (tertiary/aromatic N) is 1. The minimum Gasteiger partial charge on any atom is -0.483 e. The molecular formula is C7H10F2N2O2. The van der Waals surface area contributed by atoms with Gasteiger partial charge in [-0.3, -0.25) is 9.89 Å². The van der Waals surface area contributed by atoms with Gasteiger partial charge >= 0.3 is 0 Å². The molecular weight excluding hydrogens is 182 g/mol. The number of hydrogen-bond acceptors (Lipinski definition) is 2. The molecule has 0 saturated carbocycles. The summed E-state index contributed by atoms with van der Waals surface area (Å²) >= 11 is 0. The van der Waals surface area contributed by atoms with Gasteiger partial charge in [0.15, 0.2) is 0 Å². The number of nitrogens with one attached hydrogen (secondary N) is 1. The van der Waals surface area contributed by atoms with Crippen molar-refractivity contribution >= 4 is 6.47 Å². The highest BCUT2D eigenvalue weighted by atomic mass is 19.3. The monoisotopic (exact) mass is 192 g/mol. The van der Waals surface area contributed by atoms with Crippen LogP contribution in [0.2, 0.25) is 0 Å². The topological polar surface area (TPSA) is 66.0 Å². The van der Waals surface area contributed by atoms with Crippen LogP contribution in [-0.2, 0) is 11.2 Å². The van der Waals surface area contributed by atoms with E-state index in [0.717, 1.165) is 0 Å². The van der Waals surface area contributed by atoms with Crippen LogP contribution in [0.5, 0.6) is 0 Å². The molecule has 1 aromatic heterocycles. The summed E-state index contributed by atoms with van der Waals surface area (Å²) in [6.07, 6.45) is -0.407. The second kappa shape index (κ2) is 6.10. The van der Waals surface area contributed by atoms with Crippen molar-refractivity contribution < 1.29 is 18.7 Å². The molecule has 0 aliphatic heterocycles. The van der Waals surface area contributed by atoms with Crippen LogP contribution >= 0.6 is 0 Å². The van der Waals surface area contributed by atoms with E-state index in [1.807, 2.05) is 6.92 Å². The molecule has 0 aliphatic carbocycles. The number of alkyl halides is 2. The van der Waals surface area contributed by atoms with Crippen molar-refractivity contribution in [3.63, 3.8) is 0 Å². The second-order valence-electron chi connectivity index (χ2n) is 2.07. The van der Waals surface area contributed by atoms with Gasteiger partial charge in [0.1, 0.15) is 5.69 Å². The summed E-state index contributed by atoms with van der Waals surface area (Å²) in [7, 11) is 0. The Hall–Kier alpha value is -1.46. The lowest BCUT2D eigenvalue weighted by molar-refractivity contribution is -0.122. The van der Waals surface area contributed by atoms with Crippen LogP contribution in [0.3, 0.4) is 0 Å². The maximum Gasteiger partial charge on any atom is 0.290 e. The van der Waals surface area contributed by atoms with Gasteiger partial charge < -0.3 is 5.11 Å². The van der Waals surface area contributed by atoms with E-state index in [1.54, 1.807) is 0 Å². The van der Waals surface area contributed by atoms with Crippen LogP contribution < -0.4 is 0 Å². The first kappa shape index (κ1) is 11.5. The smallest absolute Gasteiger partial charge is 0.290 e. The van der Waals surface area contributed by atoms with Crippen molar-refractivity contribution in [2.24, 2.45) is 0 Å². The average molecular weight is 192 g/mol. The molecule has 0 saturated heterocycles. The number of H-pyrrole nitrogens is 1. The lowest BCUT2D eigenvalue weighted by Gasteiger charge is -1.95. The number of aromatic amines is 1. The number of halogens is 2. The molecule has 74 valence electrons. The van der Waals surface area contributed by atoms with E-state index in [2.05, 4.69) is 10.2 Å². The van der Waals surface area contributed by atoms with Gasteiger partial charge in [-0.25, -0.2) is 8.78 Å². The van der Waals surface area contributed by atoms with Gasteiger partial charge in [-0.2, -0.15) is 5.10 Å². The molecule has 2 N–H and O–H groups in total. The average Bonchev–Trinajstić information content (AvgIpc) is 2.52. The van der Waals surface area contributed by atoms with Gasteiger partial charge in [0.05, 0.1) is 6.20 Å². The Bertz CT molecular complexity index is 250. The van der Waals surface area contributed by atoms with E-state index in [0.29, 0.717) is 12.0 Å². The molecule has 1 rings (SSSR count). The Morgan fingerprint density at radius 1 is 1.77 bits per heavy atom. The second-order valence-corrected chi connectivity index (χ2v) is 2.07. The van der Waals surface area contributed by atoms with Crippen molar-refractivity contribution in [3.05, 3.63) is 17.5 Å². The number of aryl methyl sites for hydroxylation is 1. The van der Waals surface area contributed by atoms with Gasteiger partial charge in [0, 0.05) is 0 Å². The van der Waals surface area contributed by atoms with Crippen molar-refractivity contribution in [1.82, 2.24) is 10.2 Å². The maximum absolute atomic E-state index is 12.0. The quantitative estimate of drug-likeness (QED) is 0.699. The van der Waals surface area contributed by atoms with Crippen molar-refractivity contribution in [2.45, 2.75) is 19.8 Å². The van der Waals surface area contributed by atoms with Crippen LogP contribution in [0, 0.1) is 0 Å². The minimum atomic E-state index is -2.43. The molecule has 0 bridgehead atoms. The Balaban J connectivity index is 0.000000424. The lowest BCUT2D eigenvalue weighted by Crippen LogP contribution is -1.89. The zero-order valence-corrected chi connectivity index (χ0v) is 7.00. The molecule has 0 atom stereocenters. The van der Waals surface area contributed by atoms with Crippen molar-refractivity contribution in [2.75, 3.05) is 0 Å². The summed E-state index contributed by atoms with van der Waals surface area (Å²) in [5.74, 6) is 0. The predicted octanol–water partition coefficient (Wildman–Crippen LogP) is 1.61. The normalized spacial score (nSPS) is 9.23. The third-order valence-electron chi connectivity index (χ3n) is 1.35. The molecule has 0 amide bonds. The Morgan fingerprint density at radius 2 is 2.31 bits per heavy atom. The van der Waals surface area contributed by atoms with Gasteiger partial charge in [-0.05, 0) is 12.0 Å². The predicted molar refractivity (Wildman–Crippen MR) is 41.6 cm³/mol. The number of carboxylic acid groups (broad SMARTS) is 1. The van der Waals surface area contributed by atoms with E-state index >= 15 is 0 Å². The Labute approximate surface area is 73.6 Å². The fraction of sp³-hybridized carbons (Fsp3) is 0.429. The molecule has 0 aliphatic rings. The molecule has 0 spiro atoms. The summed E-state index contributed by atoms with van der Waals surface area (Å²) in [6.45, 7) is 1.57. The summed E-state index contributed by atoms with van der Waals surface area (Å²) in [5.41, 5.74) is 0.539. The van der Waals surface area contributed by atoms with Crippen LogP contribution in [0.1, 0.15) is 24.6 Å². The first-order chi connectivity index (χ1) is 6.17. The van der Waals surface area contributed by atoms with Crippen molar-refractivity contribution in [3.8, 4) is 0 Å². The Kier molecular flexibility index (Phi) is 5.42. The molecule has 0 unspecified atom stereocenters. The van der Waals surface area contributed by atoms with Gasteiger partial charge in [0.25, 0.3) is 12.9 Å². The summed E-state index contributed by atoms with van der Waals surface area (Å²) < 4.78 is 24.0. The van der Waals surface area contributed by atoms with Crippen molar-refractivity contribution in [1.29, 1.82) is 0 Å². The van der Waals surface area contributed by atoms with Gasteiger partial charge in [-0.1, -0.05) is 6.92 Å². The molecule has 4 nitrogen and oxygen atoms in total. The summed E-state index contributed by atoms with van der Waals surface area (Å²) in [4.78, 5) is 8.36. The first-order valence-corrected chi connectivity index (χ1v) is 3.55. The molecule has 0 radical (unpaired) electrons. The molecule has 0 fully saturated rings. The third kappa shape index (κ3) is 3.64. The van der Waals surface area contributed by atoms with E-state index in [1.165, 1.54) is 6.20 Å².